The Hall–Kier alpha value is -7.00. The van der Waals surface area contributed by atoms with Gasteiger partial charge in [-0.05, 0) is 63.7 Å². The van der Waals surface area contributed by atoms with E-state index in [0.717, 1.165) is 77.5 Å². The molecular weight excluding hydrogens is 665 g/mol. The molecule has 2 heterocycles. The smallest absolute Gasteiger partial charge is 0.160 e. The molecule has 0 radical (unpaired) electrons. The quantitative estimate of drug-likeness (QED) is 0.167. The Morgan fingerprint density at radius 2 is 0.981 bits per heavy atom. The fraction of sp³-hybridized carbons (Fsp3) is 0. The monoisotopic (exact) mass is 694 g/mol. The van der Waals surface area contributed by atoms with Gasteiger partial charge in [-0.25, -0.2) is 15.0 Å². The van der Waals surface area contributed by atoms with Gasteiger partial charge >= 0.3 is 0 Å². The fourth-order valence-corrected chi connectivity index (χ4v) is 7.72. The lowest BCUT2D eigenvalue weighted by molar-refractivity contribution is 1.18. The lowest BCUT2D eigenvalue weighted by Gasteiger charge is -2.16. The van der Waals surface area contributed by atoms with Crippen LogP contribution in [0.5, 0.6) is 0 Å². The van der Waals surface area contributed by atoms with Crippen molar-refractivity contribution in [3.63, 3.8) is 0 Å². The van der Waals surface area contributed by atoms with Gasteiger partial charge in [0.2, 0.25) is 0 Å². The summed E-state index contributed by atoms with van der Waals surface area (Å²) in [6, 6.07) is 64.6. The van der Waals surface area contributed by atoms with Crippen molar-refractivity contribution in [3.05, 3.63) is 188 Å². The van der Waals surface area contributed by atoms with Gasteiger partial charge in [0.15, 0.2) is 5.82 Å². The van der Waals surface area contributed by atoms with Crippen molar-refractivity contribution in [3.8, 4) is 83.9 Å². The van der Waals surface area contributed by atoms with E-state index >= 15 is 0 Å². The second-order valence-electron chi connectivity index (χ2n) is 12.8. The maximum Gasteiger partial charge on any atom is 0.160 e. The van der Waals surface area contributed by atoms with Gasteiger partial charge in [0.1, 0.15) is 5.01 Å². The van der Waals surface area contributed by atoms with E-state index in [1.165, 1.54) is 4.70 Å². The summed E-state index contributed by atoms with van der Waals surface area (Å²) in [6.07, 6.45) is 0. The molecule has 0 spiro atoms. The van der Waals surface area contributed by atoms with Crippen LogP contribution < -0.4 is 0 Å². The van der Waals surface area contributed by atoms with E-state index in [0.29, 0.717) is 11.4 Å². The molecule has 0 unspecified atom stereocenters. The van der Waals surface area contributed by atoms with Crippen molar-refractivity contribution in [2.45, 2.75) is 0 Å². The van der Waals surface area contributed by atoms with Crippen LogP contribution in [0.25, 0.3) is 88.1 Å². The standard InChI is InChI=1S/C48H30N4S/c49-31-32-11-10-14-38(29-32)33-21-25-35(26-22-33)44-30-45(51-47(50-44)36-12-2-1-3-13-36)42-18-7-6-17-41(42)40-16-5-4-15-39(40)34-23-27-37(28-24-34)48-52-43-19-8-9-20-46(43)53-48/h1-30H. The van der Waals surface area contributed by atoms with Crippen LogP contribution in [0, 0.1) is 11.3 Å². The fourth-order valence-electron chi connectivity index (χ4n) is 6.75. The molecular formula is C48H30N4S. The molecule has 0 bridgehead atoms. The Labute approximate surface area is 312 Å². The minimum Gasteiger partial charge on any atom is -0.236 e. The molecule has 0 N–H and O–H groups in total. The number of aromatic nitrogens is 3. The first-order valence-electron chi connectivity index (χ1n) is 17.4. The molecule has 7 aromatic carbocycles. The molecule has 53 heavy (non-hydrogen) atoms. The molecule has 0 saturated heterocycles. The average Bonchev–Trinajstić information content (AvgIpc) is 3.69. The number of benzene rings is 7. The molecule has 2 aromatic heterocycles. The highest BCUT2D eigenvalue weighted by Gasteiger charge is 2.17. The second-order valence-corrected chi connectivity index (χ2v) is 13.8. The first-order valence-corrected chi connectivity index (χ1v) is 18.2. The summed E-state index contributed by atoms with van der Waals surface area (Å²) in [5.74, 6) is 0.664. The van der Waals surface area contributed by atoms with Gasteiger partial charge in [0.05, 0.1) is 33.2 Å². The van der Waals surface area contributed by atoms with Gasteiger partial charge < -0.3 is 0 Å². The number of thiazole rings is 1. The maximum atomic E-state index is 9.41. The summed E-state index contributed by atoms with van der Waals surface area (Å²) in [7, 11) is 0. The molecule has 4 nitrogen and oxygen atoms in total. The molecule has 9 rings (SSSR count). The second kappa shape index (κ2) is 14.0. The van der Waals surface area contributed by atoms with Gasteiger partial charge in [0, 0.05) is 22.3 Å². The highest BCUT2D eigenvalue weighted by molar-refractivity contribution is 7.21. The van der Waals surface area contributed by atoms with Crippen LogP contribution >= 0.6 is 11.3 Å². The Bertz CT molecular complexity index is 2750. The zero-order valence-corrected chi connectivity index (χ0v) is 29.3. The first-order chi connectivity index (χ1) is 26.2. The van der Waals surface area contributed by atoms with Crippen LogP contribution in [-0.2, 0) is 0 Å². The third-order valence-corrected chi connectivity index (χ3v) is 10.5. The van der Waals surface area contributed by atoms with Crippen molar-refractivity contribution >= 4 is 21.6 Å². The highest BCUT2D eigenvalue weighted by atomic mass is 32.1. The van der Waals surface area contributed by atoms with Crippen molar-refractivity contribution in [2.75, 3.05) is 0 Å². The predicted molar refractivity (Wildman–Crippen MR) is 218 cm³/mol. The Kier molecular flexibility index (Phi) is 8.41. The van der Waals surface area contributed by atoms with Gasteiger partial charge in [-0.15, -0.1) is 11.3 Å². The SMILES string of the molecule is N#Cc1cccc(-c2ccc(-c3cc(-c4ccccc4-c4ccccc4-c4ccc(-c5nc6ccccc6s5)cc4)nc(-c4ccccc4)n3)cc2)c1. The van der Waals surface area contributed by atoms with Crippen molar-refractivity contribution in [1.82, 2.24) is 15.0 Å². The Balaban J connectivity index is 1.12. The van der Waals surface area contributed by atoms with Gasteiger partial charge in [-0.3, -0.25) is 0 Å². The molecule has 0 saturated carbocycles. The average molecular weight is 695 g/mol. The molecule has 0 aliphatic rings. The number of nitrogens with zero attached hydrogens (tertiary/aromatic N) is 4. The zero-order chi connectivity index (χ0) is 35.6. The largest absolute Gasteiger partial charge is 0.236 e. The topological polar surface area (TPSA) is 62.5 Å². The normalized spacial score (nSPS) is 11.0. The summed E-state index contributed by atoms with van der Waals surface area (Å²) >= 11 is 1.72. The van der Waals surface area contributed by atoms with Crippen LogP contribution in [0.15, 0.2) is 182 Å². The molecule has 5 heteroatoms. The summed E-state index contributed by atoms with van der Waals surface area (Å²) in [5, 5.41) is 10.4. The van der Waals surface area contributed by atoms with E-state index in [9.17, 15) is 5.26 Å². The Morgan fingerprint density at radius 1 is 0.396 bits per heavy atom. The summed E-state index contributed by atoms with van der Waals surface area (Å²) < 4.78 is 1.19. The molecule has 0 aliphatic heterocycles. The third kappa shape index (κ3) is 6.40. The summed E-state index contributed by atoms with van der Waals surface area (Å²) in [5.41, 5.74) is 14.0. The number of para-hydroxylation sites is 1. The van der Waals surface area contributed by atoms with E-state index in [2.05, 4.69) is 127 Å². The molecule has 9 aromatic rings. The van der Waals surface area contributed by atoms with Crippen LogP contribution in [0.4, 0.5) is 0 Å². The van der Waals surface area contributed by atoms with Gasteiger partial charge in [-0.2, -0.15) is 5.26 Å². The maximum absolute atomic E-state index is 9.41. The highest BCUT2D eigenvalue weighted by Crippen LogP contribution is 2.40. The lowest BCUT2D eigenvalue weighted by atomic mass is 9.90. The zero-order valence-electron chi connectivity index (χ0n) is 28.5. The number of hydrogen-bond donors (Lipinski definition) is 0. The molecule has 0 fully saturated rings. The molecule has 0 aliphatic carbocycles. The lowest BCUT2D eigenvalue weighted by Crippen LogP contribution is -1.97. The number of nitriles is 1. The summed E-state index contributed by atoms with van der Waals surface area (Å²) in [4.78, 5) is 15.1. The van der Waals surface area contributed by atoms with Crippen LogP contribution in [0.2, 0.25) is 0 Å². The number of fused-ring (bicyclic) bond motifs is 1. The summed E-state index contributed by atoms with van der Waals surface area (Å²) in [6.45, 7) is 0. The van der Waals surface area contributed by atoms with E-state index in [1.54, 1.807) is 11.3 Å². The van der Waals surface area contributed by atoms with Crippen LogP contribution in [0.3, 0.4) is 0 Å². The molecule has 0 amide bonds. The van der Waals surface area contributed by atoms with E-state index < -0.39 is 0 Å². The molecule has 0 atom stereocenters. The van der Waals surface area contributed by atoms with E-state index in [-0.39, 0.29) is 0 Å². The van der Waals surface area contributed by atoms with E-state index in [4.69, 9.17) is 15.0 Å². The van der Waals surface area contributed by atoms with Crippen LogP contribution in [-0.4, -0.2) is 15.0 Å². The Morgan fingerprint density at radius 3 is 1.74 bits per heavy atom. The van der Waals surface area contributed by atoms with Crippen molar-refractivity contribution in [1.29, 1.82) is 5.26 Å². The van der Waals surface area contributed by atoms with Gasteiger partial charge in [0.25, 0.3) is 0 Å². The predicted octanol–water partition coefficient (Wildman–Crippen LogP) is 12.6. The van der Waals surface area contributed by atoms with E-state index in [1.807, 2.05) is 60.7 Å². The minimum absolute atomic E-state index is 0.640. The minimum atomic E-state index is 0.640. The van der Waals surface area contributed by atoms with Crippen molar-refractivity contribution in [2.24, 2.45) is 0 Å². The number of hydrogen-bond acceptors (Lipinski definition) is 5. The number of rotatable bonds is 7. The van der Waals surface area contributed by atoms with Crippen molar-refractivity contribution < 1.29 is 0 Å². The van der Waals surface area contributed by atoms with Crippen LogP contribution in [0.1, 0.15) is 5.56 Å². The third-order valence-electron chi connectivity index (χ3n) is 9.42. The van der Waals surface area contributed by atoms with Gasteiger partial charge in [-0.1, -0.05) is 152 Å². The first kappa shape index (κ1) is 31.9. The molecule has 248 valence electrons.